The highest BCUT2D eigenvalue weighted by atomic mass is 19.1. The molecule has 2 aromatic rings. The average molecular weight is 434 g/mol. The summed E-state index contributed by atoms with van der Waals surface area (Å²) in [6.07, 6.45) is 1.68. The van der Waals surface area contributed by atoms with Crippen molar-refractivity contribution in [3.8, 4) is 0 Å². The Balaban J connectivity index is 1.84. The third-order valence-corrected chi connectivity index (χ3v) is 6.84. The average Bonchev–Trinajstić information content (AvgIpc) is 3.48. The van der Waals surface area contributed by atoms with E-state index in [1.54, 1.807) is 11.5 Å². The van der Waals surface area contributed by atoms with Gasteiger partial charge in [0.1, 0.15) is 5.82 Å². The van der Waals surface area contributed by atoms with E-state index in [-0.39, 0.29) is 28.8 Å². The maximum atomic E-state index is 15.4. The van der Waals surface area contributed by atoms with Crippen LogP contribution in [0.1, 0.15) is 45.2 Å². The van der Waals surface area contributed by atoms with Crippen molar-refractivity contribution in [2.24, 2.45) is 17.1 Å². The second-order valence-corrected chi connectivity index (χ2v) is 9.59. The molecule has 170 valence electrons. The Bertz CT molecular complexity index is 1130. The second-order valence-electron chi connectivity index (χ2n) is 9.59. The van der Waals surface area contributed by atoms with Gasteiger partial charge in [-0.1, -0.05) is 13.8 Å². The lowest BCUT2D eigenvalue weighted by Gasteiger charge is -2.30. The molecule has 1 aliphatic heterocycles. The molecule has 31 heavy (non-hydrogen) atoms. The molecule has 0 unspecified atom stereocenters. The topological polar surface area (TPSA) is 109 Å². The first-order chi connectivity index (χ1) is 14.6. The van der Waals surface area contributed by atoms with Crippen LogP contribution in [0.25, 0.3) is 10.9 Å². The van der Waals surface area contributed by atoms with Gasteiger partial charge in [-0.15, -0.1) is 0 Å². The predicted octanol–water partition coefficient (Wildman–Crippen LogP) is 1.49. The first-order valence-corrected chi connectivity index (χ1v) is 10.9. The number of fused-ring (bicyclic) bond motifs is 1. The van der Waals surface area contributed by atoms with E-state index in [2.05, 4.69) is 13.8 Å². The maximum absolute atomic E-state index is 15.4. The van der Waals surface area contributed by atoms with Crippen molar-refractivity contribution in [3.63, 3.8) is 0 Å². The molecule has 4 rings (SSSR count). The zero-order chi connectivity index (χ0) is 22.7. The largest absolute Gasteiger partial charge is 0.380 e. The van der Waals surface area contributed by atoms with Crippen LogP contribution in [0.2, 0.25) is 0 Å². The molecule has 2 heterocycles. The number of aryl methyl sites for hydroxylation is 1. The molecule has 1 saturated heterocycles. The second kappa shape index (κ2) is 7.63. The van der Waals surface area contributed by atoms with Gasteiger partial charge in [0.05, 0.1) is 23.2 Å². The molecule has 1 saturated carbocycles. The molecular formula is C22H32FN5O3. The molecule has 9 heteroatoms. The van der Waals surface area contributed by atoms with Crippen molar-refractivity contribution < 1.29 is 9.13 Å². The lowest BCUT2D eigenvalue weighted by Crippen LogP contribution is -2.44. The summed E-state index contributed by atoms with van der Waals surface area (Å²) >= 11 is 0. The Morgan fingerprint density at radius 2 is 2.00 bits per heavy atom. The first-order valence-electron chi connectivity index (χ1n) is 10.9. The van der Waals surface area contributed by atoms with Gasteiger partial charge in [0.2, 0.25) is 0 Å². The van der Waals surface area contributed by atoms with Crippen LogP contribution in [-0.4, -0.2) is 41.6 Å². The Morgan fingerprint density at radius 1 is 1.32 bits per heavy atom. The fourth-order valence-electron chi connectivity index (χ4n) is 5.13. The number of nitrogens with zero attached hydrogens (tertiary/aromatic N) is 3. The van der Waals surface area contributed by atoms with Gasteiger partial charge in [0.15, 0.2) is 0 Å². The molecule has 4 N–H and O–H groups in total. The fraction of sp³-hybridized carbons (Fsp3) is 0.636. The molecule has 1 aliphatic carbocycles. The summed E-state index contributed by atoms with van der Waals surface area (Å²) in [5, 5.41) is 0.135. The third kappa shape index (κ3) is 3.53. The van der Waals surface area contributed by atoms with Crippen LogP contribution in [0.4, 0.5) is 10.1 Å². The molecule has 2 atom stereocenters. The Kier molecular flexibility index (Phi) is 5.37. The summed E-state index contributed by atoms with van der Waals surface area (Å²) in [6.45, 7) is 10.2. The molecule has 1 aromatic heterocycles. The summed E-state index contributed by atoms with van der Waals surface area (Å²) in [6, 6.07) is 1.05. The van der Waals surface area contributed by atoms with Gasteiger partial charge < -0.3 is 21.2 Å². The van der Waals surface area contributed by atoms with E-state index in [1.165, 1.54) is 6.07 Å². The summed E-state index contributed by atoms with van der Waals surface area (Å²) in [7, 11) is 0. The van der Waals surface area contributed by atoms with Crippen LogP contribution in [0.15, 0.2) is 15.7 Å². The minimum Gasteiger partial charge on any atom is -0.380 e. The van der Waals surface area contributed by atoms with E-state index >= 15 is 4.39 Å². The van der Waals surface area contributed by atoms with E-state index in [4.69, 9.17) is 16.3 Å². The number of halogens is 1. The highest BCUT2D eigenvalue weighted by Gasteiger charge is 2.44. The van der Waals surface area contributed by atoms with Crippen LogP contribution in [0.3, 0.4) is 0 Å². The van der Waals surface area contributed by atoms with E-state index < -0.39 is 17.1 Å². The zero-order valence-corrected chi connectivity index (χ0v) is 18.7. The number of ether oxygens (including phenoxy) is 1. The normalized spacial score (nSPS) is 21.7. The SMILES string of the molecule is CCOC[C@H](N)[C@H]1CN(c2c(F)cc3c(=O)n(N)c(=O)n(C4CC4)c3c2C)CC1(C)C. The quantitative estimate of drug-likeness (QED) is 0.668. The first kappa shape index (κ1) is 21.8. The van der Waals surface area contributed by atoms with Crippen LogP contribution in [-0.2, 0) is 4.74 Å². The van der Waals surface area contributed by atoms with Crippen LogP contribution in [0.5, 0.6) is 0 Å². The van der Waals surface area contributed by atoms with Crippen LogP contribution >= 0.6 is 0 Å². The molecule has 2 fully saturated rings. The molecule has 0 bridgehead atoms. The zero-order valence-electron chi connectivity index (χ0n) is 18.7. The van der Waals surface area contributed by atoms with Crippen molar-refractivity contribution in [3.05, 3.63) is 38.3 Å². The molecule has 2 aliphatic rings. The van der Waals surface area contributed by atoms with Crippen molar-refractivity contribution in [2.45, 2.75) is 52.6 Å². The van der Waals surface area contributed by atoms with E-state index in [0.717, 1.165) is 12.8 Å². The standard InChI is InChI=1S/C22H32FN5O3/c1-5-31-10-17(24)15-9-26(11-22(15,3)4)19-12(2)18-14(8-16(19)23)20(29)28(25)21(30)27(18)13-6-7-13/h8,13,15,17H,5-7,9-11,24-25H2,1-4H3/t15-,17+/m1/s1. The molecule has 8 nitrogen and oxygen atoms in total. The Labute approximate surface area is 180 Å². The molecule has 0 spiro atoms. The molecule has 0 amide bonds. The van der Waals surface area contributed by atoms with Gasteiger partial charge in [-0.05, 0) is 38.2 Å². The highest BCUT2D eigenvalue weighted by Crippen LogP contribution is 2.43. The Hall–Kier alpha value is -2.39. The van der Waals surface area contributed by atoms with E-state index in [9.17, 15) is 9.59 Å². The lowest BCUT2D eigenvalue weighted by atomic mass is 9.78. The Morgan fingerprint density at radius 3 is 2.61 bits per heavy atom. The third-order valence-electron chi connectivity index (χ3n) is 6.84. The fourth-order valence-corrected chi connectivity index (χ4v) is 5.13. The van der Waals surface area contributed by atoms with Crippen molar-refractivity contribution in [2.75, 3.05) is 37.0 Å². The number of benzene rings is 1. The number of nitrogen functional groups attached to an aromatic ring is 1. The summed E-state index contributed by atoms with van der Waals surface area (Å²) in [5.74, 6) is 5.33. The monoisotopic (exact) mass is 433 g/mol. The summed E-state index contributed by atoms with van der Waals surface area (Å²) < 4.78 is 23.1. The van der Waals surface area contributed by atoms with Crippen molar-refractivity contribution in [1.29, 1.82) is 0 Å². The number of anilines is 1. The molecule has 0 radical (unpaired) electrons. The van der Waals surface area contributed by atoms with Crippen LogP contribution in [0, 0.1) is 24.1 Å². The molecule has 1 aromatic carbocycles. The molecular weight excluding hydrogens is 401 g/mol. The van der Waals surface area contributed by atoms with Crippen LogP contribution < -0.4 is 27.7 Å². The number of hydrogen-bond donors (Lipinski definition) is 2. The smallest absolute Gasteiger partial charge is 0.350 e. The van der Waals surface area contributed by atoms with Gasteiger partial charge in [-0.25, -0.2) is 9.18 Å². The van der Waals surface area contributed by atoms with Gasteiger partial charge in [-0.2, -0.15) is 4.68 Å². The lowest BCUT2D eigenvalue weighted by molar-refractivity contribution is 0.0982. The maximum Gasteiger partial charge on any atom is 0.350 e. The van der Waals surface area contributed by atoms with E-state index in [0.29, 0.717) is 47.7 Å². The highest BCUT2D eigenvalue weighted by molar-refractivity contribution is 5.87. The number of rotatable bonds is 6. The van der Waals surface area contributed by atoms with Gasteiger partial charge >= 0.3 is 5.69 Å². The minimum atomic E-state index is -0.677. The van der Waals surface area contributed by atoms with Gasteiger partial charge in [0, 0.05) is 43.3 Å². The summed E-state index contributed by atoms with van der Waals surface area (Å²) in [4.78, 5) is 27.4. The number of aromatic nitrogens is 2. The van der Waals surface area contributed by atoms with Gasteiger partial charge in [-0.3, -0.25) is 9.36 Å². The minimum absolute atomic E-state index is 0.00945. The van der Waals surface area contributed by atoms with Crippen molar-refractivity contribution >= 4 is 16.6 Å². The summed E-state index contributed by atoms with van der Waals surface area (Å²) in [5.41, 5.74) is 6.54. The van der Waals surface area contributed by atoms with E-state index in [1.807, 2.05) is 11.8 Å². The van der Waals surface area contributed by atoms with Gasteiger partial charge in [0.25, 0.3) is 5.56 Å². The van der Waals surface area contributed by atoms with Crippen molar-refractivity contribution in [1.82, 2.24) is 9.24 Å². The number of hydrogen-bond acceptors (Lipinski definition) is 6. The predicted molar refractivity (Wildman–Crippen MR) is 120 cm³/mol. The number of nitrogens with two attached hydrogens (primary N) is 2.